The van der Waals surface area contributed by atoms with Gasteiger partial charge in [0, 0.05) is 28.6 Å². The topological polar surface area (TPSA) is 59.8 Å². The molecule has 1 unspecified atom stereocenters. The first-order chi connectivity index (χ1) is 13.9. The summed E-state index contributed by atoms with van der Waals surface area (Å²) in [6.07, 6.45) is 3.51. The van der Waals surface area contributed by atoms with Crippen LogP contribution >= 0.6 is 23.1 Å². The fourth-order valence-electron chi connectivity index (χ4n) is 3.86. The van der Waals surface area contributed by atoms with Crippen LogP contribution in [0.4, 0.5) is 5.69 Å². The Balaban J connectivity index is 1.45. The van der Waals surface area contributed by atoms with Gasteiger partial charge in [0.25, 0.3) is 0 Å². The van der Waals surface area contributed by atoms with Crippen molar-refractivity contribution in [3.8, 4) is 11.4 Å². The van der Waals surface area contributed by atoms with Gasteiger partial charge in [0.1, 0.15) is 0 Å². The minimum Gasteiger partial charge on any atom is -0.325 e. The van der Waals surface area contributed by atoms with Crippen LogP contribution in [-0.4, -0.2) is 26.4 Å². The van der Waals surface area contributed by atoms with E-state index in [2.05, 4.69) is 27.8 Å². The number of thioether (sulfide) groups is 1. The summed E-state index contributed by atoms with van der Waals surface area (Å²) < 4.78 is 2.01. The van der Waals surface area contributed by atoms with Crippen molar-refractivity contribution in [1.82, 2.24) is 14.8 Å². The average molecular weight is 427 g/mol. The molecule has 3 aromatic rings. The lowest BCUT2D eigenvalue weighted by Crippen LogP contribution is -2.16. The molecule has 152 valence electrons. The number of carbonyl (C=O) groups excluding carboxylic acids is 1. The summed E-state index contributed by atoms with van der Waals surface area (Å²) in [4.78, 5) is 14.0. The van der Waals surface area contributed by atoms with Crippen molar-refractivity contribution in [2.24, 2.45) is 13.0 Å². The Hall–Kier alpha value is -2.12. The van der Waals surface area contributed by atoms with Gasteiger partial charge in [-0.3, -0.25) is 4.79 Å². The lowest BCUT2D eigenvalue weighted by Gasteiger charge is -2.18. The third-order valence-electron chi connectivity index (χ3n) is 5.56. The zero-order chi connectivity index (χ0) is 20.5. The van der Waals surface area contributed by atoms with Crippen molar-refractivity contribution >= 4 is 34.7 Å². The van der Waals surface area contributed by atoms with Crippen LogP contribution in [0.1, 0.15) is 34.9 Å². The Morgan fingerprint density at radius 1 is 1.31 bits per heavy atom. The first kappa shape index (κ1) is 20.2. The van der Waals surface area contributed by atoms with E-state index >= 15 is 0 Å². The fourth-order valence-corrected chi connectivity index (χ4v) is 5.81. The van der Waals surface area contributed by atoms with Crippen LogP contribution in [0.15, 0.2) is 28.7 Å². The Kier molecular flexibility index (Phi) is 5.79. The number of thiophene rings is 1. The molecule has 1 atom stereocenters. The highest BCUT2D eigenvalue weighted by Crippen LogP contribution is 2.38. The van der Waals surface area contributed by atoms with Gasteiger partial charge in [-0.15, -0.1) is 21.5 Å². The summed E-state index contributed by atoms with van der Waals surface area (Å²) in [5.41, 5.74) is 5.68. The van der Waals surface area contributed by atoms with E-state index in [0.29, 0.717) is 5.75 Å². The highest BCUT2D eigenvalue weighted by atomic mass is 32.2. The number of benzene rings is 1. The molecule has 1 aliphatic carbocycles. The number of rotatable bonds is 5. The third-order valence-corrected chi connectivity index (χ3v) is 7.63. The van der Waals surface area contributed by atoms with E-state index in [1.54, 1.807) is 0 Å². The number of para-hydroxylation sites is 1. The molecule has 0 radical (unpaired) electrons. The van der Waals surface area contributed by atoms with E-state index in [4.69, 9.17) is 0 Å². The zero-order valence-corrected chi connectivity index (χ0v) is 18.9. The molecule has 0 saturated heterocycles. The quantitative estimate of drug-likeness (QED) is 0.582. The van der Waals surface area contributed by atoms with Crippen LogP contribution in [-0.2, 0) is 24.7 Å². The SMILES string of the molecule is Cc1cccc(C)c1NC(=O)CSc1nnc(-c2csc3c2CCC(C)C3)n1C. The summed E-state index contributed by atoms with van der Waals surface area (Å²) >= 11 is 3.26. The van der Waals surface area contributed by atoms with Crippen LogP contribution in [0.5, 0.6) is 0 Å². The van der Waals surface area contributed by atoms with Gasteiger partial charge in [-0.1, -0.05) is 36.9 Å². The van der Waals surface area contributed by atoms with E-state index in [1.807, 2.05) is 55.0 Å². The Morgan fingerprint density at radius 3 is 2.83 bits per heavy atom. The summed E-state index contributed by atoms with van der Waals surface area (Å²) in [6.45, 7) is 6.34. The molecular weight excluding hydrogens is 400 g/mol. The van der Waals surface area contributed by atoms with Gasteiger partial charge in [-0.05, 0) is 55.7 Å². The van der Waals surface area contributed by atoms with Crippen LogP contribution in [0.2, 0.25) is 0 Å². The van der Waals surface area contributed by atoms with E-state index in [9.17, 15) is 4.79 Å². The van der Waals surface area contributed by atoms with E-state index in [-0.39, 0.29) is 5.91 Å². The van der Waals surface area contributed by atoms with Crippen molar-refractivity contribution in [2.75, 3.05) is 11.1 Å². The highest BCUT2D eigenvalue weighted by Gasteiger charge is 2.23. The molecule has 0 bridgehead atoms. The Morgan fingerprint density at radius 2 is 2.07 bits per heavy atom. The lowest BCUT2D eigenvalue weighted by molar-refractivity contribution is -0.113. The maximum Gasteiger partial charge on any atom is 0.234 e. The van der Waals surface area contributed by atoms with Crippen molar-refractivity contribution in [1.29, 1.82) is 0 Å². The lowest BCUT2D eigenvalue weighted by atomic mass is 9.88. The van der Waals surface area contributed by atoms with Gasteiger partial charge in [-0.25, -0.2) is 0 Å². The summed E-state index contributed by atoms with van der Waals surface area (Å²) in [6, 6.07) is 6.01. The number of hydrogen-bond donors (Lipinski definition) is 1. The first-order valence-corrected chi connectivity index (χ1v) is 11.8. The predicted molar refractivity (Wildman–Crippen MR) is 121 cm³/mol. The molecule has 1 aromatic carbocycles. The second-order valence-corrected chi connectivity index (χ2v) is 9.77. The number of nitrogens with zero attached hydrogens (tertiary/aromatic N) is 3. The second kappa shape index (κ2) is 8.32. The number of nitrogens with one attached hydrogen (secondary N) is 1. The summed E-state index contributed by atoms with van der Waals surface area (Å²) in [5.74, 6) is 1.93. The number of aromatic nitrogens is 3. The number of fused-ring (bicyclic) bond motifs is 1. The molecule has 7 heteroatoms. The van der Waals surface area contributed by atoms with Gasteiger partial charge < -0.3 is 9.88 Å². The third kappa shape index (κ3) is 4.12. The fraction of sp³-hybridized carbons (Fsp3) is 0.409. The average Bonchev–Trinajstić information content (AvgIpc) is 3.26. The summed E-state index contributed by atoms with van der Waals surface area (Å²) in [5, 5.41) is 14.8. The molecule has 2 heterocycles. The normalized spacial score (nSPS) is 15.9. The molecule has 0 spiro atoms. The molecule has 0 aliphatic heterocycles. The monoisotopic (exact) mass is 426 g/mol. The number of aryl methyl sites for hydroxylation is 2. The Labute approximate surface area is 179 Å². The summed E-state index contributed by atoms with van der Waals surface area (Å²) in [7, 11) is 1.98. The molecule has 0 fully saturated rings. The number of amides is 1. The molecule has 1 amide bonds. The smallest absolute Gasteiger partial charge is 0.234 e. The van der Waals surface area contributed by atoms with Crippen molar-refractivity contribution in [2.45, 2.75) is 45.2 Å². The van der Waals surface area contributed by atoms with Crippen molar-refractivity contribution in [3.63, 3.8) is 0 Å². The van der Waals surface area contributed by atoms with Crippen molar-refractivity contribution in [3.05, 3.63) is 45.1 Å². The highest BCUT2D eigenvalue weighted by molar-refractivity contribution is 7.99. The zero-order valence-electron chi connectivity index (χ0n) is 17.3. The maximum atomic E-state index is 12.5. The van der Waals surface area contributed by atoms with Gasteiger partial charge in [0.15, 0.2) is 11.0 Å². The molecular formula is C22H26N4OS2. The Bertz CT molecular complexity index is 1030. The van der Waals surface area contributed by atoms with Crippen LogP contribution in [0.3, 0.4) is 0 Å². The molecule has 1 aliphatic rings. The van der Waals surface area contributed by atoms with Gasteiger partial charge in [0.05, 0.1) is 5.75 Å². The van der Waals surface area contributed by atoms with Gasteiger partial charge in [-0.2, -0.15) is 0 Å². The predicted octanol–water partition coefficient (Wildman–Crippen LogP) is 5.02. The number of carbonyl (C=O) groups is 1. The molecule has 4 rings (SSSR count). The molecule has 5 nitrogen and oxygen atoms in total. The van der Waals surface area contributed by atoms with Crippen molar-refractivity contribution < 1.29 is 4.79 Å². The molecule has 2 aromatic heterocycles. The number of hydrogen-bond acceptors (Lipinski definition) is 5. The number of anilines is 1. The second-order valence-electron chi connectivity index (χ2n) is 7.87. The minimum absolute atomic E-state index is 0.0288. The maximum absolute atomic E-state index is 12.5. The van der Waals surface area contributed by atoms with E-state index in [0.717, 1.165) is 46.6 Å². The molecule has 29 heavy (non-hydrogen) atoms. The first-order valence-electron chi connectivity index (χ1n) is 9.92. The van der Waals surface area contributed by atoms with Crippen LogP contribution in [0.25, 0.3) is 11.4 Å². The van der Waals surface area contributed by atoms with Crippen LogP contribution in [0, 0.1) is 19.8 Å². The van der Waals surface area contributed by atoms with Gasteiger partial charge in [0.2, 0.25) is 5.91 Å². The van der Waals surface area contributed by atoms with Crippen LogP contribution < -0.4 is 5.32 Å². The molecule has 1 N–H and O–H groups in total. The van der Waals surface area contributed by atoms with E-state index in [1.165, 1.54) is 34.2 Å². The van der Waals surface area contributed by atoms with Gasteiger partial charge >= 0.3 is 0 Å². The molecule has 0 saturated carbocycles. The largest absolute Gasteiger partial charge is 0.325 e. The van der Waals surface area contributed by atoms with E-state index < -0.39 is 0 Å². The minimum atomic E-state index is -0.0288. The standard InChI is InChI=1S/C22H26N4OS2/c1-13-8-9-16-17(11-28-18(16)10-13)21-24-25-22(26(21)4)29-12-19(27)23-20-14(2)6-5-7-15(20)3/h5-7,11,13H,8-10,12H2,1-4H3,(H,23,27).